The molecule has 0 fully saturated rings. The smallest absolute Gasteiger partial charge is 0.150 e. The maximum Gasteiger partial charge on any atom is 0.150 e. The molecule has 0 aliphatic carbocycles. The van der Waals surface area contributed by atoms with E-state index in [1.54, 1.807) is 0 Å². The highest BCUT2D eigenvalue weighted by Crippen LogP contribution is 2.22. The summed E-state index contributed by atoms with van der Waals surface area (Å²) in [4.78, 5) is 14.6. The third-order valence-corrected chi connectivity index (χ3v) is 4.42. The monoisotopic (exact) mass is 341 g/mol. The lowest BCUT2D eigenvalue weighted by Gasteiger charge is -2.08. The molecule has 0 atom stereocenters. The van der Waals surface area contributed by atoms with Crippen molar-refractivity contribution in [2.24, 2.45) is 0 Å². The molecule has 0 aliphatic heterocycles. The number of H-pyrrole nitrogens is 1. The van der Waals surface area contributed by atoms with Crippen LogP contribution in [-0.4, -0.2) is 11.3 Å². The second kappa shape index (κ2) is 7.28. The number of fused-ring (bicyclic) bond motifs is 1. The minimum Gasteiger partial charge on any atom is -0.489 e. The molecule has 3 heteroatoms. The largest absolute Gasteiger partial charge is 0.489 e. The van der Waals surface area contributed by atoms with Crippen LogP contribution < -0.4 is 4.74 Å². The second-order valence-corrected chi connectivity index (χ2v) is 6.32. The van der Waals surface area contributed by atoms with E-state index in [4.69, 9.17) is 4.74 Å². The van der Waals surface area contributed by atoms with Gasteiger partial charge in [0.05, 0.1) is 0 Å². The van der Waals surface area contributed by atoms with Crippen molar-refractivity contribution in [3.05, 3.63) is 101 Å². The first kappa shape index (κ1) is 16.2. The van der Waals surface area contributed by atoms with Gasteiger partial charge in [-0.15, -0.1) is 0 Å². The maximum absolute atomic E-state index is 11.2. The van der Waals surface area contributed by atoms with Gasteiger partial charge < -0.3 is 9.72 Å². The molecule has 0 saturated heterocycles. The van der Waals surface area contributed by atoms with Gasteiger partial charge in [-0.3, -0.25) is 4.79 Å². The van der Waals surface area contributed by atoms with Crippen molar-refractivity contribution >= 4 is 17.2 Å². The van der Waals surface area contributed by atoms with Crippen molar-refractivity contribution < 1.29 is 9.53 Å². The zero-order chi connectivity index (χ0) is 17.8. The number of carbonyl (C=O) groups excluding carboxylic acids is 1. The Balaban J connectivity index is 1.51. The molecule has 4 aromatic rings. The van der Waals surface area contributed by atoms with Crippen LogP contribution in [0.3, 0.4) is 0 Å². The summed E-state index contributed by atoms with van der Waals surface area (Å²) in [6.07, 6.45) is 1.66. The van der Waals surface area contributed by atoms with E-state index in [0.29, 0.717) is 12.2 Å². The molecule has 3 aromatic carbocycles. The molecule has 0 radical (unpaired) electrons. The Morgan fingerprint density at radius 3 is 2.50 bits per heavy atom. The normalized spacial score (nSPS) is 10.8. The Hall–Kier alpha value is -3.33. The van der Waals surface area contributed by atoms with E-state index in [1.165, 1.54) is 0 Å². The molecule has 26 heavy (non-hydrogen) atoms. The van der Waals surface area contributed by atoms with Gasteiger partial charge in [0.2, 0.25) is 0 Å². The van der Waals surface area contributed by atoms with Crippen molar-refractivity contribution in [2.75, 3.05) is 0 Å². The van der Waals surface area contributed by atoms with E-state index in [1.807, 2.05) is 48.5 Å². The number of aromatic nitrogens is 1. The molecule has 4 rings (SSSR count). The third kappa shape index (κ3) is 3.52. The number of carbonyl (C=O) groups is 1. The van der Waals surface area contributed by atoms with E-state index >= 15 is 0 Å². The average molecular weight is 341 g/mol. The average Bonchev–Trinajstić information content (AvgIpc) is 3.10. The molecule has 3 nitrogen and oxygen atoms in total. The molecule has 0 unspecified atom stereocenters. The fourth-order valence-electron chi connectivity index (χ4n) is 3.14. The Kier molecular flexibility index (Phi) is 4.52. The minimum absolute atomic E-state index is 0.555. The first-order valence-corrected chi connectivity index (χ1v) is 8.63. The van der Waals surface area contributed by atoms with E-state index in [2.05, 4.69) is 35.3 Å². The Morgan fingerprint density at radius 1 is 0.846 bits per heavy atom. The van der Waals surface area contributed by atoms with E-state index in [-0.39, 0.29) is 0 Å². The number of aldehydes is 1. The standard InChI is InChI=1S/C23H19NO2/c25-15-19-9-5-11-23-22(19)14-20(24-23)12-18-8-4-10-21(13-18)26-16-17-6-2-1-3-7-17/h1-11,13-15,24H,12,16H2. The molecule has 1 heterocycles. The van der Waals surface area contributed by atoms with Crippen LogP contribution >= 0.6 is 0 Å². The van der Waals surface area contributed by atoms with E-state index in [9.17, 15) is 4.79 Å². The number of hydrogen-bond donors (Lipinski definition) is 1. The van der Waals surface area contributed by atoms with Crippen molar-refractivity contribution in [3.8, 4) is 5.75 Å². The van der Waals surface area contributed by atoms with Crippen LogP contribution in [0.4, 0.5) is 0 Å². The van der Waals surface area contributed by atoms with Gasteiger partial charge in [-0.25, -0.2) is 0 Å². The Labute approximate surface area is 152 Å². The zero-order valence-electron chi connectivity index (χ0n) is 14.3. The van der Waals surface area contributed by atoms with Crippen molar-refractivity contribution in [2.45, 2.75) is 13.0 Å². The number of hydrogen-bond acceptors (Lipinski definition) is 2. The highest BCUT2D eigenvalue weighted by molar-refractivity contribution is 5.97. The zero-order valence-corrected chi connectivity index (χ0v) is 14.3. The number of rotatable bonds is 6. The molecule has 0 bridgehead atoms. The molecular weight excluding hydrogens is 322 g/mol. The minimum atomic E-state index is 0.555. The summed E-state index contributed by atoms with van der Waals surface area (Å²) in [5, 5.41) is 0.967. The topological polar surface area (TPSA) is 42.1 Å². The molecule has 0 spiro atoms. The highest BCUT2D eigenvalue weighted by Gasteiger charge is 2.06. The van der Waals surface area contributed by atoms with Gasteiger partial charge in [0.25, 0.3) is 0 Å². The van der Waals surface area contributed by atoms with Crippen molar-refractivity contribution in [3.63, 3.8) is 0 Å². The SMILES string of the molecule is O=Cc1cccc2[nH]c(Cc3cccc(OCc4ccccc4)c3)cc12. The predicted molar refractivity (Wildman–Crippen MR) is 104 cm³/mol. The Morgan fingerprint density at radius 2 is 1.65 bits per heavy atom. The quantitative estimate of drug-likeness (QED) is 0.493. The van der Waals surface area contributed by atoms with Crippen molar-refractivity contribution in [1.82, 2.24) is 4.98 Å². The molecule has 1 N–H and O–H groups in total. The summed E-state index contributed by atoms with van der Waals surface area (Å²) in [7, 11) is 0. The summed E-state index contributed by atoms with van der Waals surface area (Å²) in [6.45, 7) is 0.555. The predicted octanol–water partition coefficient (Wildman–Crippen LogP) is 5.15. The van der Waals surface area contributed by atoms with E-state index < -0.39 is 0 Å². The van der Waals surface area contributed by atoms with Crippen molar-refractivity contribution in [1.29, 1.82) is 0 Å². The van der Waals surface area contributed by atoms with Gasteiger partial charge >= 0.3 is 0 Å². The Bertz CT molecular complexity index is 1030. The summed E-state index contributed by atoms with van der Waals surface area (Å²) < 4.78 is 5.91. The summed E-state index contributed by atoms with van der Waals surface area (Å²) in [5.74, 6) is 0.857. The molecule has 0 aliphatic rings. The van der Waals surface area contributed by atoms with Gasteiger partial charge in [0.15, 0.2) is 6.29 Å². The maximum atomic E-state index is 11.2. The van der Waals surface area contributed by atoms with Crippen LogP contribution in [0.25, 0.3) is 10.9 Å². The lowest BCUT2D eigenvalue weighted by atomic mass is 10.1. The van der Waals surface area contributed by atoms with Crippen LogP contribution in [0, 0.1) is 0 Å². The lowest BCUT2D eigenvalue weighted by molar-refractivity contribution is 0.112. The molecule has 0 amide bonds. The molecule has 128 valence electrons. The van der Waals surface area contributed by atoms with Crippen LogP contribution in [0.15, 0.2) is 78.9 Å². The van der Waals surface area contributed by atoms with Gasteiger partial charge in [-0.2, -0.15) is 0 Å². The molecular formula is C23H19NO2. The number of aromatic amines is 1. The third-order valence-electron chi connectivity index (χ3n) is 4.42. The lowest BCUT2D eigenvalue weighted by Crippen LogP contribution is -1.96. The van der Waals surface area contributed by atoms with Gasteiger partial charge in [-0.05, 0) is 35.4 Å². The van der Waals surface area contributed by atoms with Gasteiger partial charge in [0, 0.05) is 28.6 Å². The highest BCUT2D eigenvalue weighted by atomic mass is 16.5. The van der Waals surface area contributed by atoms with Crippen LogP contribution in [0.5, 0.6) is 5.75 Å². The van der Waals surface area contributed by atoms with Gasteiger partial charge in [-0.1, -0.05) is 54.6 Å². The first-order chi connectivity index (χ1) is 12.8. The fourth-order valence-corrected chi connectivity index (χ4v) is 3.14. The summed E-state index contributed by atoms with van der Waals surface area (Å²) >= 11 is 0. The van der Waals surface area contributed by atoms with Crippen LogP contribution in [-0.2, 0) is 13.0 Å². The molecule has 0 saturated carbocycles. The van der Waals surface area contributed by atoms with Crippen LogP contribution in [0.1, 0.15) is 27.2 Å². The summed E-state index contributed by atoms with van der Waals surface area (Å²) in [5.41, 5.74) is 5.09. The number of ether oxygens (including phenoxy) is 1. The second-order valence-electron chi connectivity index (χ2n) is 6.32. The number of benzene rings is 3. The molecule has 1 aromatic heterocycles. The first-order valence-electron chi connectivity index (χ1n) is 8.63. The number of nitrogens with one attached hydrogen (secondary N) is 1. The fraction of sp³-hybridized carbons (Fsp3) is 0.0870. The van der Waals surface area contributed by atoms with E-state index in [0.717, 1.165) is 46.2 Å². The van der Waals surface area contributed by atoms with Gasteiger partial charge in [0.1, 0.15) is 12.4 Å². The summed E-state index contributed by atoms with van der Waals surface area (Å²) in [6, 6.07) is 26.0. The van der Waals surface area contributed by atoms with Crippen LogP contribution in [0.2, 0.25) is 0 Å².